The third-order valence-electron chi connectivity index (χ3n) is 6.24. The molecule has 5 atom stereocenters. The van der Waals surface area contributed by atoms with Gasteiger partial charge in [0.25, 0.3) is 0 Å². The number of alkyl carbamates (subject to hydrolysis) is 1. The van der Waals surface area contributed by atoms with Gasteiger partial charge in [-0.05, 0) is 70.4 Å². The first-order valence-electron chi connectivity index (χ1n) is 14.2. The van der Waals surface area contributed by atoms with E-state index in [-0.39, 0.29) is 18.2 Å². The van der Waals surface area contributed by atoms with Crippen LogP contribution in [-0.2, 0) is 25.7 Å². The smallest absolute Gasteiger partial charge is 0.407 e. The summed E-state index contributed by atoms with van der Waals surface area (Å²) in [5.74, 6) is -0.968. The summed E-state index contributed by atoms with van der Waals surface area (Å²) in [4.78, 5) is 51.0. The van der Waals surface area contributed by atoms with Crippen molar-refractivity contribution in [2.24, 2.45) is 11.8 Å². The van der Waals surface area contributed by atoms with E-state index in [9.17, 15) is 24.3 Å². The van der Waals surface area contributed by atoms with Gasteiger partial charge in [0.2, 0.25) is 17.7 Å². The molecule has 1 aromatic carbocycles. The molecule has 0 bridgehead atoms. The zero-order valence-corrected chi connectivity index (χ0v) is 26.6. The Hall–Kier alpha value is -2.79. The Morgan fingerprint density at radius 1 is 0.902 bits per heavy atom. The van der Waals surface area contributed by atoms with E-state index in [1.165, 1.54) is 0 Å². The molecule has 1 aromatic rings. The molecule has 0 aliphatic carbocycles. The van der Waals surface area contributed by atoms with E-state index in [4.69, 9.17) is 4.74 Å². The predicted octanol–water partition coefficient (Wildman–Crippen LogP) is 3.37. The van der Waals surface area contributed by atoms with Crippen molar-refractivity contribution in [3.05, 3.63) is 35.9 Å². The molecule has 4 amide bonds. The number of carbonyl (C=O) groups is 4. The van der Waals surface area contributed by atoms with E-state index in [0.717, 1.165) is 5.56 Å². The predicted molar refractivity (Wildman–Crippen MR) is 163 cm³/mol. The monoisotopic (exact) mass is 594 g/mol. The number of aliphatic hydroxyl groups excluding tert-OH is 1. The van der Waals surface area contributed by atoms with Crippen LogP contribution in [0.5, 0.6) is 0 Å². The van der Waals surface area contributed by atoms with Crippen LogP contribution < -0.4 is 21.3 Å². The highest BCUT2D eigenvalue weighted by Gasteiger charge is 2.30. The molecule has 10 nitrogen and oxygen atoms in total. The maximum atomic E-state index is 12.9. The average Bonchev–Trinajstić information content (AvgIpc) is 2.88. The first-order chi connectivity index (χ1) is 19.1. The van der Waals surface area contributed by atoms with Gasteiger partial charge >= 0.3 is 6.09 Å². The van der Waals surface area contributed by atoms with Gasteiger partial charge in [-0.1, -0.05) is 51.1 Å². The normalized spacial score (nSPS) is 15.2. The van der Waals surface area contributed by atoms with Gasteiger partial charge in [0.05, 0.1) is 12.1 Å². The molecule has 0 aromatic heterocycles. The summed E-state index contributed by atoms with van der Waals surface area (Å²) in [6.45, 7) is 12.8. The number of ether oxygens (including phenoxy) is 1. The molecule has 0 saturated carbocycles. The molecular weight excluding hydrogens is 544 g/mol. The molecule has 0 unspecified atom stereocenters. The molecule has 0 spiro atoms. The van der Waals surface area contributed by atoms with Crippen molar-refractivity contribution in [1.29, 1.82) is 0 Å². The van der Waals surface area contributed by atoms with E-state index in [0.29, 0.717) is 25.1 Å². The van der Waals surface area contributed by atoms with Gasteiger partial charge in [0.15, 0.2) is 0 Å². The topological polar surface area (TPSA) is 146 Å². The summed E-state index contributed by atoms with van der Waals surface area (Å²) in [5.41, 5.74) is 0.266. The molecule has 41 heavy (non-hydrogen) atoms. The van der Waals surface area contributed by atoms with Gasteiger partial charge < -0.3 is 31.1 Å². The van der Waals surface area contributed by atoms with Crippen molar-refractivity contribution < 1.29 is 29.0 Å². The highest BCUT2D eigenvalue weighted by molar-refractivity contribution is 7.98. The first kappa shape index (κ1) is 36.2. The maximum absolute atomic E-state index is 12.9. The molecule has 1 rings (SSSR count). The molecule has 0 aliphatic rings. The Labute approximate surface area is 249 Å². The van der Waals surface area contributed by atoms with E-state index in [1.807, 2.05) is 50.4 Å². The third-order valence-corrected chi connectivity index (χ3v) is 6.88. The minimum atomic E-state index is -1.00. The number of aliphatic hydroxyl groups is 1. The van der Waals surface area contributed by atoms with Crippen LogP contribution in [0.15, 0.2) is 30.3 Å². The van der Waals surface area contributed by atoms with Crippen molar-refractivity contribution in [3.8, 4) is 0 Å². The van der Waals surface area contributed by atoms with Gasteiger partial charge in [-0.3, -0.25) is 14.4 Å². The van der Waals surface area contributed by atoms with E-state index in [1.54, 1.807) is 46.4 Å². The third kappa shape index (κ3) is 15.1. The number of nitrogens with one attached hydrogen (secondary N) is 4. The SMILES string of the molecule is CSCC[C@H](NC(=O)[C@H](C)NC(=O)[C@H](C)C[C@H](O)[C@H](CC(C)C)NC(=O)OC(C)(C)C)C(=O)NCc1ccccc1. The Morgan fingerprint density at radius 3 is 2.10 bits per heavy atom. The van der Waals surface area contributed by atoms with Gasteiger partial charge in [-0.15, -0.1) is 0 Å². The Kier molecular flexibility index (Phi) is 15.8. The number of benzene rings is 1. The van der Waals surface area contributed by atoms with Crippen LogP contribution in [0.3, 0.4) is 0 Å². The van der Waals surface area contributed by atoms with Crippen molar-refractivity contribution >= 4 is 35.6 Å². The molecule has 5 N–H and O–H groups in total. The number of amides is 4. The molecule has 0 heterocycles. The Bertz CT molecular complexity index is 969. The highest BCUT2D eigenvalue weighted by Crippen LogP contribution is 2.17. The highest BCUT2D eigenvalue weighted by atomic mass is 32.2. The fourth-order valence-electron chi connectivity index (χ4n) is 4.04. The van der Waals surface area contributed by atoms with Gasteiger partial charge in [-0.25, -0.2) is 4.79 Å². The zero-order chi connectivity index (χ0) is 31.2. The number of hydrogen-bond donors (Lipinski definition) is 5. The number of carbonyl (C=O) groups excluding carboxylic acids is 4. The van der Waals surface area contributed by atoms with Crippen molar-refractivity contribution in [3.63, 3.8) is 0 Å². The van der Waals surface area contributed by atoms with E-state index < -0.39 is 53.7 Å². The van der Waals surface area contributed by atoms with Crippen LogP contribution in [0.2, 0.25) is 0 Å². The van der Waals surface area contributed by atoms with Gasteiger partial charge in [0.1, 0.15) is 17.7 Å². The largest absolute Gasteiger partial charge is 0.444 e. The molecule has 0 fully saturated rings. The summed E-state index contributed by atoms with van der Waals surface area (Å²) in [6.07, 6.45) is 1.31. The summed E-state index contributed by atoms with van der Waals surface area (Å²) >= 11 is 1.57. The van der Waals surface area contributed by atoms with Crippen molar-refractivity contribution in [1.82, 2.24) is 21.3 Å². The minimum Gasteiger partial charge on any atom is -0.444 e. The van der Waals surface area contributed by atoms with Crippen LogP contribution in [-0.4, -0.2) is 70.8 Å². The maximum Gasteiger partial charge on any atom is 0.407 e. The second-order valence-electron chi connectivity index (χ2n) is 11.9. The van der Waals surface area contributed by atoms with Crippen LogP contribution in [0.4, 0.5) is 4.79 Å². The summed E-state index contributed by atoms with van der Waals surface area (Å²) < 4.78 is 5.33. The van der Waals surface area contributed by atoms with Crippen molar-refractivity contribution in [2.45, 2.75) is 104 Å². The number of thioether (sulfide) groups is 1. The molecule has 232 valence electrons. The second-order valence-corrected chi connectivity index (χ2v) is 12.8. The lowest BCUT2D eigenvalue weighted by Crippen LogP contribution is -2.53. The first-order valence-corrected chi connectivity index (χ1v) is 15.6. The summed E-state index contributed by atoms with van der Waals surface area (Å²) in [5, 5.41) is 21.9. The van der Waals surface area contributed by atoms with Crippen LogP contribution in [0.1, 0.15) is 73.3 Å². The zero-order valence-electron chi connectivity index (χ0n) is 25.8. The number of rotatable bonds is 16. The minimum absolute atomic E-state index is 0.0750. The standard InChI is InChI=1S/C30H50N4O6S/c1-19(2)16-24(34-29(39)40-30(5,6)7)25(35)17-20(3)26(36)32-21(4)27(37)33-23(14-15-41-8)28(38)31-18-22-12-10-9-11-13-22/h9-13,19-21,23-25,35H,14-18H2,1-8H3,(H,31,38)(H,32,36)(H,33,37)(H,34,39)/t20-,21+,23+,24+,25+/m1/s1. The number of hydrogen-bond acceptors (Lipinski definition) is 7. The Balaban J connectivity index is 2.72. The summed E-state index contributed by atoms with van der Waals surface area (Å²) in [6, 6.07) is 7.25. The lowest BCUT2D eigenvalue weighted by molar-refractivity contribution is -0.133. The van der Waals surface area contributed by atoms with Gasteiger partial charge in [-0.2, -0.15) is 11.8 Å². The average molecular weight is 595 g/mol. The lowest BCUT2D eigenvalue weighted by atomic mass is 9.92. The molecule has 0 radical (unpaired) electrons. The fraction of sp³-hybridized carbons (Fsp3) is 0.667. The second kappa shape index (κ2) is 17.9. The van der Waals surface area contributed by atoms with Gasteiger partial charge in [0, 0.05) is 12.5 Å². The fourth-order valence-corrected chi connectivity index (χ4v) is 4.51. The molecular formula is C30H50N4O6S. The molecule has 11 heteroatoms. The molecule has 0 aliphatic heterocycles. The lowest BCUT2D eigenvalue weighted by Gasteiger charge is -2.29. The Morgan fingerprint density at radius 2 is 1.54 bits per heavy atom. The van der Waals surface area contributed by atoms with Crippen molar-refractivity contribution in [2.75, 3.05) is 12.0 Å². The summed E-state index contributed by atoms with van der Waals surface area (Å²) in [7, 11) is 0. The van der Waals surface area contributed by atoms with Crippen LogP contribution in [0.25, 0.3) is 0 Å². The van der Waals surface area contributed by atoms with E-state index in [2.05, 4.69) is 21.3 Å². The molecule has 0 saturated heterocycles. The van der Waals surface area contributed by atoms with E-state index >= 15 is 0 Å². The quantitative estimate of drug-likeness (QED) is 0.197. The van der Waals surface area contributed by atoms with Crippen LogP contribution in [0, 0.1) is 11.8 Å². The van der Waals surface area contributed by atoms with Crippen LogP contribution >= 0.6 is 11.8 Å².